The molecule has 1 aliphatic rings. The Morgan fingerprint density at radius 1 is 1.36 bits per heavy atom. The van der Waals surface area contributed by atoms with Gasteiger partial charge < -0.3 is 15.3 Å². The molecule has 0 radical (unpaired) electrons. The quantitative estimate of drug-likeness (QED) is 0.535. The topological polar surface area (TPSA) is 72.7 Å². The van der Waals surface area contributed by atoms with Gasteiger partial charge in [-0.15, -0.1) is 11.3 Å². The van der Waals surface area contributed by atoms with Crippen LogP contribution in [0.2, 0.25) is 0 Å². The zero-order valence-electron chi connectivity index (χ0n) is 7.50. The lowest BCUT2D eigenvalue weighted by atomic mass is 10.1. The van der Waals surface area contributed by atoms with Crippen molar-refractivity contribution < 1.29 is 15.3 Å². The van der Waals surface area contributed by atoms with Crippen molar-refractivity contribution in [1.29, 1.82) is 0 Å². The molecule has 0 aromatic carbocycles. The van der Waals surface area contributed by atoms with Crippen molar-refractivity contribution in [3.8, 4) is 0 Å². The normalized spacial score (nSPS) is 37.6. The zero-order valence-corrected chi connectivity index (χ0v) is 8.31. The predicted molar refractivity (Wildman–Crippen MR) is 53.1 cm³/mol. The minimum Gasteiger partial charge on any atom is -0.395 e. The second-order valence-corrected chi connectivity index (χ2v) is 4.41. The first-order valence-electron chi connectivity index (χ1n) is 4.50. The van der Waals surface area contributed by atoms with Crippen LogP contribution in [0.4, 0.5) is 0 Å². The summed E-state index contributed by atoms with van der Waals surface area (Å²) in [5.74, 6) is 0. The molecule has 1 fully saturated rings. The third kappa shape index (κ3) is 1.57. The summed E-state index contributed by atoms with van der Waals surface area (Å²) in [5, 5.41) is 33.1. The van der Waals surface area contributed by atoms with Crippen LogP contribution in [0, 0.1) is 0 Å². The molecule has 4 nitrogen and oxygen atoms in total. The van der Waals surface area contributed by atoms with E-state index >= 15 is 0 Å². The Bertz CT molecular complexity index is 290. The summed E-state index contributed by atoms with van der Waals surface area (Å²) in [4.78, 5) is 0.979. The van der Waals surface area contributed by atoms with Gasteiger partial charge in [-0.05, 0) is 11.4 Å². The molecule has 0 aliphatic carbocycles. The van der Waals surface area contributed by atoms with Crippen molar-refractivity contribution in [2.24, 2.45) is 0 Å². The summed E-state index contributed by atoms with van der Waals surface area (Å²) in [6, 6.07) is 3.10. The van der Waals surface area contributed by atoms with E-state index in [9.17, 15) is 10.2 Å². The minimum absolute atomic E-state index is 0.167. The molecule has 4 atom stereocenters. The van der Waals surface area contributed by atoms with Gasteiger partial charge in [-0.2, -0.15) is 0 Å². The highest BCUT2D eigenvalue weighted by Gasteiger charge is 2.41. The van der Waals surface area contributed by atoms with Crippen molar-refractivity contribution in [3.63, 3.8) is 0 Å². The number of aliphatic hydroxyl groups excluding tert-OH is 3. The monoisotopic (exact) mass is 215 g/mol. The highest BCUT2D eigenvalue weighted by atomic mass is 32.1. The molecule has 2 rings (SSSR count). The Morgan fingerprint density at radius 2 is 2.14 bits per heavy atom. The number of aliphatic hydroxyl groups is 3. The molecule has 1 aromatic heterocycles. The molecule has 1 aromatic rings. The lowest BCUT2D eigenvalue weighted by molar-refractivity contribution is 0.0198. The van der Waals surface area contributed by atoms with Gasteiger partial charge in [0.2, 0.25) is 0 Å². The van der Waals surface area contributed by atoms with Gasteiger partial charge in [0.15, 0.2) is 0 Å². The third-order valence-electron chi connectivity index (χ3n) is 2.54. The van der Waals surface area contributed by atoms with E-state index in [1.807, 2.05) is 17.5 Å². The van der Waals surface area contributed by atoms with Gasteiger partial charge in [0, 0.05) is 4.88 Å². The molecule has 5 heteroatoms. The van der Waals surface area contributed by atoms with Gasteiger partial charge in [0.25, 0.3) is 0 Å². The first-order valence-corrected chi connectivity index (χ1v) is 5.38. The molecule has 1 aliphatic heterocycles. The fourth-order valence-corrected chi connectivity index (χ4v) is 2.57. The summed E-state index contributed by atoms with van der Waals surface area (Å²) in [6.45, 7) is -0.167. The van der Waals surface area contributed by atoms with E-state index in [0.29, 0.717) is 0 Å². The lowest BCUT2D eigenvalue weighted by Gasteiger charge is -2.13. The van der Waals surface area contributed by atoms with Crippen LogP contribution in [0.1, 0.15) is 10.9 Å². The number of hydrogen-bond donors (Lipinski definition) is 4. The molecule has 1 saturated heterocycles. The second-order valence-electron chi connectivity index (χ2n) is 3.43. The first-order chi connectivity index (χ1) is 6.74. The van der Waals surface area contributed by atoms with Crippen LogP contribution in [-0.2, 0) is 0 Å². The molecule has 14 heavy (non-hydrogen) atoms. The smallest absolute Gasteiger partial charge is 0.102 e. The molecular weight excluding hydrogens is 202 g/mol. The summed E-state index contributed by atoms with van der Waals surface area (Å²) < 4.78 is 0. The van der Waals surface area contributed by atoms with Gasteiger partial charge in [-0.25, -0.2) is 0 Å². The molecule has 0 saturated carbocycles. The maximum absolute atomic E-state index is 9.71. The number of hydrogen-bond acceptors (Lipinski definition) is 5. The summed E-state index contributed by atoms with van der Waals surface area (Å²) in [5.41, 5.74) is 0. The van der Waals surface area contributed by atoms with Crippen LogP contribution >= 0.6 is 11.3 Å². The number of nitrogens with one attached hydrogen (secondary N) is 1. The first kappa shape index (κ1) is 10.1. The van der Waals surface area contributed by atoms with Crippen LogP contribution in [0.3, 0.4) is 0 Å². The fraction of sp³-hybridized carbons (Fsp3) is 0.556. The number of rotatable bonds is 2. The number of thiophene rings is 1. The Morgan fingerprint density at radius 3 is 2.64 bits per heavy atom. The van der Waals surface area contributed by atoms with E-state index in [1.54, 1.807) is 0 Å². The van der Waals surface area contributed by atoms with Crippen LogP contribution in [0.5, 0.6) is 0 Å². The zero-order chi connectivity index (χ0) is 10.1. The summed E-state index contributed by atoms with van der Waals surface area (Å²) >= 11 is 1.52. The maximum Gasteiger partial charge on any atom is 0.102 e. The van der Waals surface area contributed by atoms with Crippen molar-refractivity contribution in [1.82, 2.24) is 5.32 Å². The Kier molecular flexibility index (Phi) is 2.85. The Balaban J connectivity index is 2.16. The van der Waals surface area contributed by atoms with E-state index in [-0.39, 0.29) is 12.6 Å². The van der Waals surface area contributed by atoms with Crippen LogP contribution < -0.4 is 5.32 Å². The van der Waals surface area contributed by atoms with Crippen LogP contribution in [0.25, 0.3) is 0 Å². The van der Waals surface area contributed by atoms with E-state index < -0.39 is 18.2 Å². The maximum atomic E-state index is 9.71. The molecule has 0 spiro atoms. The van der Waals surface area contributed by atoms with E-state index in [0.717, 1.165) is 4.88 Å². The standard InChI is InChI=1S/C9H13NO3S/c11-4-5-8(12)9(13)7(10-5)6-2-1-3-14-6/h1-3,5,7-13H,4H2/t5-,7+,8-,9+/m1/s1. The van der Waals surface area contributed by atoms with Gasteiger partial charge in [0.05, 0.1) is 24.8 Å². The molecular formula is C9H13NO3S. The molecule has 78 valence electrons. The highest BCUT2D eigenvalue weighted by molar-refractivity contribution is 7.10. The van der Waals surface area contributed by atoms with E-state index in [1.165, 1.54) is 11.3 Å². The Labute approximate surface area is 85.8 Å². The van der Waals surface area contributed by atoms with Gasteiger partial charge in [0.1, 0.15) is 6.10 Å². The SMILES string of the molecule is OC[C@H]1N[C@@H](c2cccs2)[C@H](O)[C@@H]1O. The average Bonchev–Trinajstić information content (AvgIpc) is 2.78. The van der Waals surface area contributed by atoms with Crippen LogP contribution in [0.15, 0.2) is 17.5 Å². The second kappa shape index (κ2) is 3.96. The van der Waals surface area contributed by atoms with Crippen molar-refractivity contribution in [2.45, 2.75) is 24.3 Å². The predicted octanol–water partition coefficient (Wildman–Crippen LogP) is -0.525. The molecule has 0 amide bonds. The third-order valence-corrected chi connectivity index (χ3v) is 3.50. The van der Waals surface area contributed by atoms with E-state index in [4.69, 9.17) is 5.11 Å². The highest BCUT2D eigenvalue weighted by Crippen LogP contribution is 2.30. The summed E-state index contributed by atoms with van der Waals surface area (Å²) in [6.07, 6.45) is -1.74. The largest absolute Gasteiger partial charge is 0.395 e. The molecule has 4 N–H and O–H groups in total. The van der Waals surface area contributed by atoms with Gasteiger partial charge in [-0.3, -0.25) is 5.32 Å². The lowest BCUT2D eigenvalue weighted by Crippen LogP contribution is -2.35. The average molecular weight is 215 g/mol. The van der Waals surface area contributed by atoms with Crippen LogP contribution in [-0.4, -0.2) is 40.2 Å². The van der Waals surface area contributed by atoms with E-state index in [2.05, 4.69) is 5.32 Å². The fourth-order valence-electron chi connectivity index (χ4n) is 1.74. The van der Waals surface area contributed by atoms with Gasteiger partial charge in [-0.1, -0.05) is 6.07 Å². The Hall–Kier alpha value is -0.460. The van der Waals surface area contributed by atoms with Crippen molar-refractivity contribution in [2.75, 3.05) is 6.61 Å². The van der Waals surface area contributed by atoms with Gasteiger partial charge >= 0.3 is 0 Å². The minimum atomic E-state index is -0.896. The summed E-state index contributed by atoms with van der Waals surface area (Å²) in [7, 11) is 0. The molecule has 2 heterocycles. The molecule has 0 unspecified atom stereocenters. The van der Waals surface area contributed by atoms with Crippen molar-refractivity contribution >= 4 is 11.3 Å². The molecule has 0 bridgehead atoms. The van der Waals surface area contributed by atoms with Crippen molar-refractivity contribution in [3.05, 3.63) is 22.4 Å².